The Kier molecular flexibility index (Phi) is 8.30. The average molecular weight is 493 g/mol. The number of hydrogen-bond donors (Lipinski definition) is 1. The lowest BCUT2D eigenvalue weighted by Crippen LogP contribution is -2.59. The van der Waals surface area contributed by atoms with Crippen LogP contribution in [0.1, 0.15) is 64.9 Å². The number of carbonyl (C=O) groups excluding carboxylic acids is 2. The summed E-state index contributed by atoms with van der Waals surface area (Å²) >= 11 is 0. The molecule has 2 aliphatic rings. The van der Waals surface area contributed by atoms with Gasteiger partial charge >= 0.3 is 18.1 Å². The van der Waals surface area contributed by atoms with Gasteiger partial charge < -0.3 is 34.6 Å². The van der Waals surface area contributed by atoms with Crippen molar-refractivity contribution in [2.24, 2.45) is 0 Å². The van der Waals surface area contributed by atoms with Crippen molar-refractivity contribution in [3.63, 3.8) is 0 Å². The van der Waals surface area contributed by atoms with Crippen molar-refractivity contribution >= 4 is 23.6 Å². The summed E-state index contributed by atoms with van der Waals surface area (Å²) in [5, 5.41) is 0. The van der Waals surface area contributed by atoms with Gasteiger partial charge in [0.25, 0.3) is 0 Å². The minimum absolute atomic E-state index is 0.0133. The summed E-state index contributed by atoms with van der Waals surface area (Å²) < 4.78 is 16.7. The highest BCUT2D eigenvalue weighted by molar-refractivity contribution is 5.96. The number of nitrogen functional groups attached to an aromatic ring is 1. The molecule has 196 valence electrons. The van der Waals surface area contributed by atoms with E-state index in [1.54, 1.807) is 11.8 Å². The number of rotatable bonds is 6. The van der Waals surface area contributed by atoms with Crippen molar-refractivity contribution in [2.75, 3.05) is 50.5 Å². The number of hydrogen-bond acceptors (Lipinski definition) is 10. The Hall–Kier alpha value is -2.82. The lowest BCUT2D eigenvalue weighted by molar-refractivity contribution is 0.0192. The fourth-order valence-corrected chi connectivity index (χ4v) is 4.63. The van der Waals surface area contributed by atoms with Crippen LogP contribution < -0.4 is 15.4 Å². The maximum absolute atomic E-state index is 12.7. The van der Waals surface area contributed by atoms with Crippen LogP contribution in [0.3, 0.4) is 0 Å². The number of carbonyl (C=O) groups is 2. The number of anilines is 2. The van der Waals surface area contributed by atoms with Crippen molar-refractivity contribution in [1.82, 2.24) is 19.8 Å². The van der Waals surface area contributed by atoms with Crippen molar-refractivity contribution < 1.29 is 23.8 Å². The lowest BCUT2D eigenvalue weighted by atomic mass is 10.1. The lowest BCUT2D eigenvalue weighted by Gasteiger charge is -2.45. The van der Waals surface area contributed by atoms with Gasteiger partial charge in [-0.1, -0.05) is 0 Å². The number of ether oxygens (including phenoxy) is 3. The minimum Gasteiger partial charge on any atom is -0.462 e. The van der Waals surface area contributed by atoms with E-state index in [0.29, 0.717) is 25.5 Å². The van der Waals surface area contributed by atoms with E-state index in [4.69, 9.17) is 19.9 Å². The third kappa shape index (κ3) is 6.45. The maximum Gasteiger partial charge on any atom is 0.410 e. The van der Waals surface area contributed by atoms with Crippen LogP contribution in [-0.4, -0.2) is 95.5 Å². The highest BCUT2D eigenvalue weighted by atomic mass is 16.6. The van der Waals surface area contributed by atoms with Gasteiger partial charge in [0.2, 0.25) is 0 Å². The number of likely N-dealkylation sites (N-methyl/N-ethyl adjacent to an activating group) is 1. The average Bonchev–Trinajstić information content (AvgIpc) is 3.16. The van der Waals surface area contributed by atoms with E-state index < -0.39 is 11.6 Å². The zero-order valence-electron chi connectivity index (χ0n) is 22.0. The van der Waals surface area contributed by atoms with Crippen molar-refractivity contribution in [1.29, 1.82) is 0 Å². The van der Waals surface area contributed by atoms with Gasteiger partial charge in [0.15, 0.2) is 11.5 Å². The Labute approximate surface area is 207 Å². The molecule has 0 aliphatic carbocycles. The van der Waals surface area contributed by atoms with Gasteiger partial charge in [0.1, 0.15) is 17.9 Å². The monoisotopic (exact) mass is 492 g/mol. The molecule has 2 fully saturated rings. The van der Waals surface area contributed by atoms with E-state index in [1.165, 1.54) is 0 Å². The van der Waals surface area contributed by atoms with Crippen LogP contribution in [0.25, 0.3) is 0 Å². The second-order valence-electron chi connectivity index (χ2n) is 10.4. The van der Waals surface area contributed by atoms with E-state index in [0.717, 1.165) is 19.4 Å². The molecule has 3 atom stereocenters. The molecule has 11 nitrogen and oxygen atoms in total. The smallest absolute Gasteiger partial charge is 0.410 e. The second-order valence-corrected chi connectivity index (χ2v) is 10.4. The molecule has 3 rings (SSSR count). The van der Waals surface area contributed by atoms with E-state index in [-0.39, 0.29) is 48.2 Å². The molecule has 0 spiro atoms. The Morgan fingerprint density at radius 2 is 1.80 bits per heavy atom. The number of nitrogens with zero attached hydrogens (tertiary/aromatic N) is 5. The van der Waals surface area contributed by atoms with Gasteiger partial charge in [-0.15, -0.1) is 0 Å². The fourth-order valence-electron chi connectivity index (χ4n) is 4.63. The first kappa shape index (κ1) is 26.8. The number of amides is 1. The zero-order valence-corrected chi connectivity index (χ0v) is 22.0. The van der Waals surface area contributed by atoms with Crippen LogP contribution in [-0.2, 0) is 9.47 Å². The summed E-state index contributed by atoms with van der Waals surface area (Å²) in [5.74, 6) is -0.217. The quantitative estimate of drug-likeness (QED) is 0.593. The first-order chi connectivity index (χ1) is 16.4. The van der Waals surface area contributed by atoms with Crippen LogP contribution in [0.4, 0.5) is 16.3 Å². The predicted molar refractivity (Wildman–Crippen MR) is 133 cm³/mol. The molecule has 0 saturated carbocycles. The molecule has 1 aromatic rings. The summed E-state index contributed by atoms with van der Waals surface area (Å²) in [4.78, 5) is 40.2. The Balaban J connectivity index is 1.88. The third-order valence-corrected chi connectivity index (χ3v) is 6.27. The highest BCUT2D eigenvalue weighted by Crippen LogP contribution is 2.32. The SMILES string of the molecule is CCOC(=O)c1nc(OCC2CCCN2C)nc(N2[C@@H](C)CN(C(=O)OC(C)(C)C)C[C@@H]2C)c1N. The van der Waals surface area contributed by atoms with Gasteiger partial charge in [0, 0.05) is 31.2 Å². The number of nitrogens with two attached hydrogens (primary N) is 1. The van der Waals surface area contributed by atoms with E-state index >= 15 is 0 Å². The minimum atomic E-state index is -0.621. The molecule has 0 radical (unpaired) electrons. The van der Waals surface area contributed by atoms with Crippen LogP contribution in [0.2, 0.25) is 0 Å². The van der Waals surface area contributed by atoms with Gasteiger partial charge in [-0.05, 0) is 68.0 Å². The van der Waals surface area contributed by atoms with E-state index in [9.17, 15) is 9.59 Å². The molecule has 2 saturated heterocycles. The molecule has 11 heteroatoms. The maximum atomic E-state index is 12.7. The van der Waals surface area contributed by atoms with Crippen LogP contribution in [0.5, 0.6) is 6.01 Å². The third-order valence-electron chi connectivity index (χ3n) is 6.27. The van der Waals surface area contributed by atoms with Gasteiger partial charge in [0.05, 0.1) is 6.61 Å². The molecule has 1 amide bonds. The summed E-state index contributed by atoms with van der Waals surface area (Å²) in [6.07, 6.45) is 1.79. The molecular formula is C24H40N6O5. The Morgan fingerprint density at radius 1 is 1.14 bits per heavy atom. The van der Waals surface area contributed by atoms with E-state index in [1.807, 2.05) is 39.5 Å². The van der Waals surface area contributed by atoms with Crippen LogP contribution >= 0.6 is 0 Å². The number of aromatic nitrogens is 2. The second kappa shape index (κ2) is 10.8. The molecule has 2 aliphatic heterocycles. The Bertz CT molecular complexity index is 908. The van der Waals surface area contributed by atoms with Crippen molar-refractivity contribution in [2.45, 2.75) is 78.1 Å². The molecule has 1 aromatic heterocycles. The molecular weight excluding hydrogens is 452 g/mol. The van der Waals surface area contributed by atoms with Gasteiger partial charge in [-0.25, -0.2) is 9.59 Å². The first-order valence-electron chi connectivity index (χ1n) is 12.3. The number of piperazine rings is 1. The van der Waals surface area contributed by atoms with Crippen molar-refractivity contribution in [3.8, 4) is 6.01 Å². The molecule has 1 unspecified atom stereocenters. The van der Waals surface area contributed by atoms with Crippen LogP contribution in [0.15, 0.2) is 0 Å². The molecule has 3 heterocycles. The van der Waals surface area contributed by atoms with E-state index in [2.05, 4.69) is 21.9 Å². The van der Waals surface area contributed by atoms with Crippen LogP contribution in [0, 0.1) is 0 Å². The summed E-state index contributed by atoms with van der Waals surface area (Å²) in [7, 11) is 2.06. The molecule has 0 bridgehead atoms. The highest BCUT2D eigenvalue weighted by Gasteiger charge is 2.37. The molecule has 2 N–H and O–H groups in total. The summed E-state index contributed by atoms with van der Waals surface area (Å²) in [6, 6.07) is 0.0621. The van der Waals surface area contributed by atoms with Gasteiger partial charge in [-0.2, -0.15) is 9.97 Å². The van der Waals surface area contributed by atoms with Gasteiger partial charge in [-0.3, -0.25) is 0 Å². The first-order valence-corrected chi connectivity index (χ1v) is 12.3. The Morgan fingerprint density at radius 3 is 2.34 bits per heavy atom. The topological polar surface area (TPSA) is 123 Å². The fraction of sp³-hybridized carbons (Fsp3) is 0.750. The number of likely N-dealkylation sites (tertiary alicyclic amines) is 1. The summed E-state index contributed by atoms with van der Waals surface area (Å²) in [5.41, 5.74) is 5.97. The number of esters is 1. The van der Waals surface area contributed by atoms with Crippen molar-refractivity contribution in [3.05, 3.63) is 5.69 Å². The largest absolute Gasteiger partial charge is 0.462 e. The predicted octanol–water partition coefficient (Wildman–Crippen LogP) is 2.54. The standard InChI is InChI=1S/C24H40N6O5/c1-8-33-21(31)19-18(25)20(27-22(26-19)34-14-17-10-9-11-28(17)7)30-15(2)12-29(13-16(30)3)23(32)35-24(4,5)6/h15-17H,8-14,25H2,1-7H3/t15-,16-,17?/m0/s1. The molecule has 0 aromatic carbocycles. The zero-order chi connectivity index (χ0) is 25.9. The normalized spacial score (nSPS) is 23.3. The summed E-state index contributed by atoms with van der Waals surface area (Å²) in [6.45, 7) is 13.7. The molecule has 35 heavy (non-hydrogen) atoms.